The van der Waals surface area contributed by atoms with Crippen LogP contribution in [0.1, 0.15) is 0 Å². The normalized spacial score (nSPS) is 11.1. The second-order valence-electron chi connectivity index (χ2n) is 6.55. The lowest BCUT2D eigenvalue weighted by molar-refractivity contribution is 0.888. The van der Waals surface area contributed by atoms with E-state index in [1.54, 1.807) is 27.6 Å². The molecule has 0 saturated carbocycles. The van der Waals surface area contributed by atoms with Gasteiger partial charge in [0.2, 0.25) is 0 Å². The number of para-hydroxylation sites is 2. The van der Waals surface area contributed by atoms with Gasteiger partial charge in [-0.15, -0.1) is 0 Å². The third-order valence-corrected chi connectivity index (χ3v) is 4.97. The number of hydrogen-bond donors (Lipinski definition) is 0. The van der Waals surface area contributed by atoms with Crippen molar-refractivity contribution in [1.82, 2.24) is 19.3 Å². The zero-order chi connectivity index (χ0) is 19.8. The molecule has 2 heterocycles. The summed E-state index contributed by atoms with van der Waals surface area (Å²) in [6.07, 6.45) is 1.57. The molecular weight excluding hydrogens is 384 g/mol. The van der Waals surface area contributed by atoms with Crippen LogP contribution in [0.15, 0.2) is 95.9 Å². The third-order valence-electron chi connectivity index (χ3n) is 4.72. The highest BCUT2D eigenvalue weighted by Gasteiger charge is 2.18. The molecule has 0 amide bonds. The predicted octanol–water partition coefficient (Wildman–Crippen LogP) is 4.89. The number of aromatic nitrogens is 4. The van der Waals surface area contributed by atoms with Crippen LogP contribution in [0.4, 0.5) is 0 Å². The van der Waals surface area contributed by atoms with Gasteiger partial charge >= 0.3 is 0 Å². The summed E-state index contributed by atoms with van der Waals surface area (Å²) in [5, 5.41) is 5.51. The fraction of sp³-hybridized carbons (Fsp3) is 0. The van der Waals surface area contributed by atoms with Gasteiger partial charge in [0.25, 0.3) is 5.56 Å². The van der Waals surface area contributed by atoms with Crippen LogP contribution < -0.4 is 5.56 Å². The van der Waals surface area contributed by atoms with Crippen LogP contribution in [-0.4, -0.2) is 19.3 Å². The van der Waals surface area contributed by atoms with Gasteiger partial charge in [-0.3, -0.25) is 9.36 Å². The first kappa shape index (κ1) is 17.4. The van der Waals surface area contributed by atoms with E-state index in [9.17, 15) is 4.79 Å². The largest absolute Gasteiger partial charge is 0.269 e. The molecule has 0 N–H and O–H groups in total. The molecule has 140 valence electrons. The lowest BCUT2D eigenvalue weighted by atomic mass is 10.2. The Morgan fingerprint density at radius 2 is 1.38 bits per heavy atom. The van der Waals surface area contributed by atoms with E-state index in [4.69, 9.17) is 16.6 Å². The Bertz CT molecular complexity index is 1360. The Labute approximate surface area is 171 Å². The molecule has 5 rings (SSSR count). The molecule has 0 radical (unpaired) electrons. The van der Waals surface area contributed by atoms with E-state index >= 15 is 0 Å². The molecule has 5 nitrogen and oxygen atoms in total. The van der Waals surface area contributed by atoms with Crippen molar-refractivity contribution in [3.63, 3.8) is 0 Å². The molecule has 0 aliphatic carbocycles. The van der Waals surface area contributed by atoms with Crippen LogP contribution in [0.2, 0.25) is 5.02 Å². The molecule has 0 aliphatic heterocycles. The molecule has 0 unspecified atom stereocenters. The Kier molecular flexibility index (Phi) is 4.22. The minimum Gasteiger partial charge on any atom is -0.268 e. The zero-order valence-electron chi connectivity index (χ0n) is 15.2. The van der Waals surface area contributed by atoms with Crippen LogP contribution in [0.25, 0.3) is 33.8 Å². The van der Waals surface area contributed by atoms with Gasteiger partial charge in [-0.2, -0.15) is 5.10 Å². The van der Waals surface area contributed by atoms with E-state index in [0.717, 1.165) is 16.9 Å². The summed E-state index contributed by atoms with van der Waals surface area (Å²) in [7, 11) is 0. The Morgan fingerprint density at radius 3 is 2.03 bits per heavy atom. The second kappa shape index (κ2) is 7.04. The van der Waals surface area contributed by atoms with Crippen molar-refractivity contribution >= 4 is 22.6 Å². The Hall–Kier alpha value is -3.70. The molecule has 0 fully saturated rings. The number of rotatable bonds is 3. The number of nitrogens with zero attached hydrogens (tertiary/aromatic N) is 4. The smallest absolute Gasteiger partial charge is 0.268 e. The molecule has 3 aromatic carbocycles. The topological polar surface area (TPSA) is 52.7 Å². The lowest BCUT2D eigenvalue weighted by Gasteiger charge is -2.13. The van der Waals surface area contributed by atoms with Gasteiger partial charge in [0.05, 0.1) is 17.6 Å². The quantitative estimate of drug-likeness (QED) is 0.434. The van der Waals surface area contributed by atoms with Gasteiger partial charge in [-0.25, -0.2) is 9.67 Å². The van der Waals surface area contributed by atoms with Crippen LogP contribution in [0.3, 0.4) is 0 Å². The highest BCUT2D eigenvalue weighted by atomic mass is 35.5. The van der Waals surface area contributed by atoms with Crippen molar-refractivity contribution in [2.24, 2.45) is 0 Å². The fourth-order valence-corrected chi connectivity index (χ4v) is 3.46. The fourth-order valence-electron chi connectivity index (χ4n) is 3.33. The summed E-state index contributed by atoms with van der Waals surface area (Å²) in [6, 6.07) is 26.4. The first-order chi connectivity index (χ1) is 14.2. The van der Waals surface area contributed by atoms with Gasteiger partial charge in [-0.05, 0) is 48.5 Å². The van der Waals surface area contributed by atoms with E-state index in [1.807, 2.05) is 72.8 Å². The van der Waals surface area contributed by atoms with Crippen molar-refractivity contribution < 1.29 is 0 Å². The minimum atomic E-state index is -0.173. The molecule has 0 aliphatic rings. The van der Waals surface area contributed by atoms with Gasteiger partial charge in [0.1, 0.15) is 11.2 Å². The molecular formula is C23H15ClN4O. The van der Waals surface area contributed by atoms with Gasteiger partial charge in [-0.1, -0.05) is 48.0 Å². The van der Waals surface area contributed by atoms with Crippen molar-refractivity contribution in [3.05, 3.63) is 107 Å². The molecule has 0 atom stereocenters. The van der Waals surface area contributed by atoms with Crippen molar-refractivity contribution in [2.75, 3.05) is 0 Å². The second-order valence-corrected chi connectivity index (χ2v) is 6.98. The molecule has 0 bridgehead atoms. The summed E-state index contributed by atoms with van der Waals surface area (Å²) >= 11 is 6.07. The maximum Gasteiger partial charge on any atom is 0.269 e. The summed E-state index contributed by atoms with van der Waals surface area (Å²) < 4.78 is 3.30. The molecule has 2 aromatic heterocycles. The highest BCUT2D eigenvalue weighted by molar-refractivity contribution is 6.30. The minimum absolute atomic E-state index is 0.173. The molecule has 0 saturated heterocycles. The first-order valence-electron chi connectivity index (χ1n) is 9.10. The zero-order valence-corrected chi connectivity index (χ0v) is 16.0. The Balaban J connectivity index is 1.86. The maximum absolute atomic E-state index is 13.5. The monoisotopic (exact) mass is 398 g/mol. The van der Waals surface area contributed by atoms with E-state index in [0.29, 0.717) is 21.9 Å². The van der Waals surface area contributed by atoms with Crippen molar-refractivity contribution in [2.45, 2.75) is 0 Å². The van der Waals surface area contributed by atoms with Gasteiger partial charge in [0.15, 0.2) is 5.65 Å². The molecule has 6 heteroatoms. The van der Waals surface area contributed by atoms with E-state index in [-0.39, 0.29) is 5.56 Å². The molecule has 0 spiro atoms. The highest BCUT2D eigenvalue weighted by Crippen LogP contribution is 2.24. The van der Waals surface area contributed by atoms with Crippen LogP contribution in [-0.2, 0) is 0 Å². The lowest BCUT2D eigenvalue weighted by Crippen LogP contribution is -2.22. The standard InChI is InChI=1S/C23H15ClN4O/c24-17-13-11-16(12-14-17)21-26-22-20(15-25-28(22)19-9-5-2-6-10-19)23(29)27(21)18-7-3-1-4-8-18/h1-15H. The summed E-state index contributed by atoms with van der Waals surface area (Å²) in [5.41, 5.74) is 2.71. The summed E-state index contributed by atoms with van der Waals surface area (Å²) in [5.74, 6) is 0.531. The summed E-state index contributed by atoms with van der Waals surface area (Å²) in [4.78, 5) is 18.3. The van der Waals surface area contributed by atoms with E-state index in [2.05, 4.69) is 5.10 Å². The van der Waals surface area contributed by atoms with Gasteiger partial charge in [0, 0.05) is 10.6 Å². The summed E-state index contributed by atoms with van der Waals surface area (Å²) in [6.45, 7) is 0. The van der Waals surface area contributed by atoms with Crippen molar-refractivity contribution in [1.29, 1.82) is 0 Å². The number of benzene rings is 3. The van der Waals surface area contributed by atoms with Crippen LogP contribution in [0.5, 0.6) is 0 Å². The first-order valence-corrected chi connectivity index (χ1v) is 9.48. The predicted molar refractivity (Wildman–Crippen MR) is 115 cm³/mol. The van der Waals surface area contributed by atoms with Crippen molar-refractivity contribution in [3.8, 4) is 22.8 Å². The average molecular weight is 399 g/mol. The number of hydrogen-bond acceptors (Lipinski definition) is 3. The molecule has 5 aromatic rings. The van der Waals surface area contributed by atoms with Crippen LogP contribution in [0, 0.1) is 0 Å². The van der Waals surface area contributed by atoms with E-state index < -0.39 is 0 Å². The van der Waals surface area contributed by atoms with Crippen LogP contribution >= 0.6 is 11.6 Å². The van der Waals surface area contributed by atoms with E-state index in [1.165, 1.54) is 0 Å². The maximum atomic E-state index is 13.5. The average Bonchev–Trinajstić information content (AvgIpc) is 3.20. The molecule has 29 heavy (non-hydrogen) atoms. The SMILES string of the molecule is O=c1c2cnn(-c3ccccc3)c2nc(-c2ccc(Cl)cc2)n1-c1ccccc1. The number of halogens is 1. The third kappa shape index (κ3) is 3.02. The Morgan fingerprint density at radius 1 is 0.759 bits per heavy atom. The number of fused-ring (bicyclic) bond motifs is 1. The van der Waals surface area contributed by atoms with Gasteiger partial charge < -0.3 is 0 Å².